The lowest BCUT2D eigenvalue weighted by molar-refractivity contribution is 1.50. The topological polar surface area (TPSA) is 0 Å². The molecule has 0 saturated heterocycles. The summed E-state index contributed by atoms with van der Waals surface area (Å²) in [4.78, 5) is 0. The van der Waals surface area contributed by atoms with Crippen LogP contribution >= 0.6 is 9.24 Å². The van der Waals surface area contributed by atoms with Crippen molar-refractivity contribution in [2.24, 2.45) is 0 Å². The number of hydrogen-bond acceptors (Lipinski definition) is 0. The summed E-state index contributed by atoms with van der Waals surface area (Å²) in [6.07, 6.45) is 0. The Bertz CT molecular complexity index is 1040. The van der Waals surface area contributed by atoms with E-state index in [0.717, 1.165) is 0 Å². The molecule has 112 valence electrons. The summed E-state index contributed by atoms with van der Waals surface area (Å²) in [7, 11) is 2.96. The Morgan fingerprint density at radius 2 is 1.30 bits per heavy atom. The second-order valence-corrected chi connectivity index (χ2v) is 6.81. The van der Waals surface area contributed by atoms with Crippen LogP contribution in [0.1, 0.15) is 11.1 Å². The summed E-state index contributed by atoms with van der Waals surface area (Å²) in [5.74, 6) is 0. The van der Waals surface area contributed by atoms with Gasteiger partial charge in [0, 0.05) is 0 Å². The highest BCUT2D eigenvalue weighted by molar-refractivity contribution is 7.28. The number of rotatable bonds is 1. The first kappa shape index (κ1) is 14.4. The molecule has 0 spiro atoms. The standard InChI is InChI=1S/C22H19P/c1-14-11-16-7-3-5-9-18(16)20(12-14)21-19-10-6-4-8-17(19)13-15(2)22(21)23/h3-13H,23H2,1-2H3. The van der Waals surface area contributed by atoms with Crippen LogP contribution in [0.15, 0.2) is 66.7 Å². The number of aryl methyl sites for hydroxylation is 2. The van der Waals surface area contributed by atoms with Gasteiger partial charge in [0.05, 0.1) is 0 Å². The minimum atomic E-state index is 1.29. The van der Waals surface area contributed by atoms with E-state index in [1.807, 2.05) is 0 Å². The van der Waals surface area contributed by atoms with Gasteiger partial charge >= 0.3 is 0 Å². The monoisotopic (exact) mass is 314 g/mol. The minimum Gasteiger partial charge on any atom is -0.105 e. The highest BCUT2D eigenvalue weighted by Crippen LogP contribution is 2.35. The third kappa shape index (κ3) is 2.35. The zero-order valence-electron chi connectivity index (χ0n) is 13.4. The molecule has 1 atom stereocenters. The molecular weight excluding hydrogens is 295 g/mol. The normalized spacial score (nSPS) is 11.3. The van der Waals surface area contributed by atoms with Gasteiger partial charge < -0.3 is 0 Å². The molecule has 1 unspecified atom stereocenters. The van der Waals surface area contributed by atoms with Crippen molar-refractivity contribution in [2.75, 3.05) is 0 Å². The van der Waals surface area contributed by atoms with Crippen LogP contribution in [-0.4, -0.2) is 0 Å². The van der Waals surface area contributed by atoms with E-state index in [0.29, 0.717) is 0 Å². The molecule has 0 fully saturated rings. The molecule has 0 heterocycles. The molecule has 0 saturated carbocycles. The first-order valence-corrected chi connectivity index (χ1v) is 8.50. The van der Waals surface area contributed by atoms with Gasteiger partial charge in [-0.2, -0.15) is 0 Å². The van der Waals surface area contributed by atoms with E-state index < -0.39 is 0 Å². The molecule has 0 aromatic heterocycles. The fourth-order valence-corrected chi connectivity index (χ4v) is 3.86. The molecule has 0 amide bonds. The molecule has 0 aliphatic heterocycles. The molecule has 0 N–H and O–H groups in total. The lowest BCUT2D eigenvalue weighted by atomic mass is 9.91. The molecule has 0 aliphatic carbocycles. The largest absolute Gasteiger partial charge is 0.105 e. The molecule has 4 aromatic carbocycles. The Kier molecular flexibility index (Phi) is 3.43. The molecule has 0 aliphatic rings. The van der Waals surface area contributed by atoms with Gasteiger partial charge in [0.2, 0.25) is 0 Å². The van der Waals surface area contributed by atoms with Crippen LogP contribution in [0, 0.1) is 13.8 Å². The molecule has 4 rings (SSSR count). The van der Waals surface area contributed by atoms with Crippen LogP contribution in [0.5, 0.6) is 0 Å². The maximum atomic E-state index is 2.96. The molecule has 4 aromatic rings. The van der Waals surface area contributed by atoms with Gasteiger partial charge in [-0.15, -0.1) is 9.24 Å². The predicted molar refractivity (Wildman–Crippen MR) is 106 cm³/mol. The molecule has 23 heavy (non-hydrogen) atoms. The van der Waals surface area contributed by atoms with Crippen LogP contribution in [-0.2, 0) is 0 Å². The smallest absolute Gasteiger partial charge is 0.00247 e. The highest BCUT2D eigenvalue weighted by Gasteiger charge is 2.13. The van der Waals surface area contributed by atoms with Crippen molar-refractivity contribution in [3.63, 3.8) is 0 Å². The van der Waals surface area contributed by atoms with Crippen molar-refractivity contribution in [1.29, 1.82) is 0 Å². The van der Waals surface area contributed by atoms with Gasteiger partial charge in [0.1, 0.15) is 0 Å². The first-order chi connectivity index (χ1) is 11.1. The van der Waals surface area contributed by atoms with Gasteiger partial charge in [-0.3, -0.25) is 0 Å². The third-order valence-corrected chi connectivity index (χ3v) is 5.32. The van der Waals surface area contributed by atoms with Crippen molar-refractivity contribution in [2.45, 2.75) is 13.8 Å². The van der Waals surface area contributed by atoms with E-state index in [-0.39, 0.29) is 0 Å². The van der Waals surface area contributed by atoms with Gasteiger partial charge in [-0.1, -0.05) is 66.7 Å². The Hall–Kier alpha value is -2.17. The van der Waals surface area contributed by atoms with Crippen LogP contribution in [0.3, 0.4) is 0 Å². The van der Waals surface area contributed by atoms with E-state index >= 15 is 0 Å². The summed E-state index contributed by atoms with van der Waals surface area (Å²) in [5, 5.41) is 6.53. The maximum Gasteiger partial charge on any atom is -0.00247 e. The Morgan fingerprint density at radius 1 is 0.696 bits per heavy atom. The van der Waals surface area contributed by atoms with Crippen LogP contribution in [0.4, 0.5) is 0 Å². The fourth-order valence-electron chi connectivity index (χ4n) is 3.46. The molecule has 0 bridgehead atoms. The SMILES string of the molecule is Cc1cc(-c2c(P)c(C)cc3ccccc23)c2ccccc2c1. The number of benzene rings is 4. The first-order valence-electron chi connectivity index (χ1n) is 7.93. The molecule has 0 radical (unpaired) electrons. The Morgan fingerprint density at radius 3 is 2.04 bits per heavy atom. The maximum absolute atomic E-state index is 2.96. The summed E-state index contributed by atoms with van der Waals surface area (Å²) in [6.45, 7) is 4.37. The molecule has 0 nitrogen and oxygen atoms in total. The highest BCUT2D eigenvalue weighted by atomic mass is 31.0. The zero-order chi connectivity index (χ0) is 16.0. The minimum absolute atomic E-state index is 1.29. The number of hydrogen-bond donors (Lipinski definition) is 0. The quantitative estimate of drug-likeness (QED) is 0.391. The van der Waals surface area contributed by atoms with Crippen molar-refractivity contribution in [1.82, 2.24) is 0 Å². The lowest BCUT2D eigenvalue weighted by Crippen LogP contribution is -2.03. The van der Waals surface area contributed by atoms with Crippen molar-refractivity contribution < 1.29 is 0 Å². The van der Waals surface area contributed by atoms with E-state index in [2.05, 4.69) is 89.8 Å². The van der Waals surface area contributed by atoms with E-state index in [9.17, 15) is 0 Å². The van der Waals surface area contributed by atoms with E-state index in [1.54, 1.807) is 0 Å². The van der Waals surface area contributed by atoms with Crippen molar-refractivity contribution in [3.8, 4) is 11.1 Å². The Balaban J connectivity index is 2.21. The van der Waals surface area contributed by atoms with Gasteiger partial charge in [-0.25, -0.2) is 0 Å². The average Bonchev–Trinajstić information content (AvgIpc) is 2.55. The zero-order valence-corrected chi connectivity index (χ0v) is 14.6. The van der Waals surface area contributed by atoms with E-state index in [1.165, 1.54) is 49.1 Å². The number of fused-ring (bicyclic) bond motifs is 2. The van der Waals surface area contributed by atoms with E-state index in [4.69, 9.17) is 0 Å². The lowest BCUT2D eigenvalue weighted by Gasteiger charge is -2.16. The van der Waals surface area contributed by atoms with Gasteiger partial charge in [0.15, 0.2) is 0 Å². The average molecular weight is 314 g/mol. The summed E-state index contributed by atoms with van der Waals surface area (Å²) in [5.41, 5.74) is 5.28. The fraction of sp³-hybridized carbons (Fsp3) is 0.0909. The second-order valence-electron chi connectivity index (χ2n) is 6.24. The third-order valence-electron chi connectivity index (χ3n) is 4.57. The van der Waals surface area contributed by atoms with Crippen LogP contribution < -0.4 is 5.30 Å². The van der Waals surface area contributed by atoms with Gasteiger partial charge in [0.25, 0.3) is 0 Å². The van der Waals surface area contributed by atoms with Crippen LogP contribution in [0.25, 0.3) is 32.7 Å². The predicted octanol–water partition coefficient (Wildman–Crippen LogP) is 5.78. The van der Waals surface area contributed by atoms with Gasteiger partial charge in [-0.05, 0) is 63.0 Å². The molecule has 1 heteroatoms. The van der Waals surface area contributed by atoms with Crippen LogP contribution in [0.2, 0.25) is 0 Å². The second kappa shape index (κ2) is 5.48. The molecular formula is C22H19P. The van der Waals surface area contributed by atoms with Crippen molar-refractivity contribution >= 4 is 36.1 Å². The summed E-state index contributed by atoms with van der Waals surface area (Å²) >= 11 is 0. The summed E-state index contributed by atoms with van der Waals surface area (Å²) in [6, 6.07) is 24.2. The summed E-state index contributed by atoms with van der Waals surface area (Å²) < 4.78 is 0. The van der Waals surface area contributed by atoms with Crippen molar-refractivity contribution in [3.05, 3.63) is 77.9 Å². The Labute approximate surface area is 139 Å².